The molecule has 3 nitrogen and oxygen atoms in total. The van der Waals surface area contributed by atoms with Gasteiger partial charge in [-0.1, -0.05) is 6.07 Å². The van der Waals surface area contributed by atoms with Crippen LogP contribution in [0.25, 0.3) is 10.9 Å². The van der Waals surface area contributed by atoms with Crippen molar-refractivity contribution in [2.45, 2.75) is 20.0 Å². The topological polar surface area (TPSA) is 45.8 Å². The third-order valence-electron chi connectivity index (χ3n) is 2.41. The van der Waals surface area contributed by atoms with Gasteiger partial charge in [0, 0.05) is 0 Å². The largest absolute Gasteiger partial charge is 0.449 e. The predicted molar refractivity (Wildman–Crippen MR) is 56.8 cm³/mol. The van der Waals surface area contributed by atoms with Crippen LogP contribution < -0.4 is 5.56 Å². The molecule has 2 rings (SSSR count). The number of alkyl halides is 3. The number of hydrogen-bond donors (Lipinski definition) is 1. The zero-order chi connectivity index (χ0) is 12.8. The zero-order valence-electron chi connectivity index (χ0n) is 9.14. The number of nitrogens with zero attached hydrogens (tertiary/aromatic N) is 1. The second-order valence-electron chi connectivity index (χ2n) is 3.89. The van der Waals surface area contributed by atoms with Crippen LogP contribution >= 0.6 is 0 Å². The summed E-state index contributed by atoms with van der Waals surface area (Å²) in [6.07, 6.45) is -4.65. The van der Waals surface area contributed by atoms with Crippen LogP contribution in [0.3, 0.4) is 0 Å². The van der Waals surface area contributed by atoms with E-state index in [1.54, 1.807) is 24.9 Å². The Bertz CT molecular complexity index is 643. The number of aryl methyl sites for hydroxylation is 2. The molecule has 2 aromatic rings. The number of fused-ring (bicyclic) bond motifs is 1. The molecule has 0 fully saturated rings. The maximum atomic E-state index is 12.5. The van der Waals surface area contributed by atoms with Gasteiger partial charge in [-0.05, 0) is 31.0 Å². The Morgan fingerprint density at radius 3 is 2.47 bits per heavy atom. The number of aromatic amines is 1. The lowest BCUT2D eigenvalue weighted by atomic mass is 10.1. The Kier molecular flexibility index (Phi) is 2.45. The molecule has 0 unspecified atom stereocenters. The first-order valence-electron chi connectivity index (χ1n) is 4.87. The number of nitrogens with one attached hydrogen (secondary N) is 1. The van der Waals surface area contributed by atoms with Crippen molar-refractivity contribution in [3.05, 3.63) is 39.4 Å². The number of aromatic nitrogens is 2. The zero-order valence-corrected chi connectivity index (χ0v) is 9.14. The summed E-state index contributed by atoms with van der Waals surface area (Å²) < 4.78 is 37.4. The molecule has 0 amide bonds. The predicted octanol–water partition coefficient (Wildman–Crippen LogP) is 2.56. The fourth-order valence-electron chi connectivity index (χ4n) is 1.73. The van der Waals surface area contributed by atoms with E-state index < -0.39 is 17.6 Å². The maximum Gasteiger partial charge on any atom is 0.449 e. The highest BCUT2D eigenvalue weighted by atomic mass is 19.4. The molecule has 1 heterocycles. The van der Waals surface area contributed by atoms with Crippen LogP contribution in [0.5, 0.6) is 0 Å². The molecule has 1 N–H and O–H groups in total. The highest BCUT2D eigenvalue weighted by Gasteiger charge is 2.34. The minimum Gasteiger partial charge on any atom is -0.302 e. The molecule has 0 atom stereocenters. The van der Waals surface area contributed by atoms with Gasteiger partial charge in [-0.15, -0.1) is 0 Å². The Morgan fingerprint density at radius 2 is 1.88 bits per heavy atom. The van der Waals surface area contributed by atoms with Gasteiger partial charge in [0.05, 0.1) is 10.9 Å². The van der Waals surface area contributed by atoms with Crippen molar-refractivity contribution in [2.24, 2.45) is 0 Å². The summed E-state index contributed by atoms with van der Waals surface area (Å²) in [7, 11) is 0. The summed E-state index contributed by atoms with van der Waals surface area (Å²) in [6, 6.07) is 3.21. The highest BCUT2D eigenvalue weighted by molar-refractivity contribution is 5.81. The van der Waals surface area contributed by atoms with Gasteiger partial charge in [0.2, 0.25) is 5.82 Å². The normalized spacial score (nSPS) is 12.1. The van der Waals surface area contributed by atoms with E-state index in [9.17, 15) is 18.0 Å². The van der Waals surface area contributed by atoms with Gasteiger partial charge in [-0.3, -0.25) is 4.79 Å². The molecular formula is C11H9F3N2O. The summed E-state index contributed by atoms with van der Waals surface area (Å²) in [4.78, 5) is 16.8. The number of rotatable bonds is 0. The van der Waals surface area contributed by atoms with E-state index >= 15 is 0 Å². The van der Waals surface area contributed by atoms with Gasteiger partial charge >= 0.3 is 6.18 Å². The van der Waals surface area contributed by atoms with E-state index in [2.05, 4.69) is 4.98 Å². The summed E-state index contributed by atoms with van der Waals surface area (Å²) in [5, 5.41) is 0.176. The number of hydrogen-bond acceptors (Lipinski definition) is 2. The van der Waals surface area contributed by atoms with Crippen LogP contribution in [0.4, 0.5) is 13.2 Å². The van der Waals surface area contributed by atoms with E-state index in [1.165, 1.54) is 6.07 Å². The van der Waals surface area contributed by atoms with Crippen LogP contribution in [-0.2, 0) is 6.18 Å². The minimum atomic E-state index is -4.65. The number of H-pyrrole nitrogens is 1. The SMILES string of the molecule is Cc1cc(C)c2nc(C(F)(F)F)[nH]c(=O)c2c1. The first kappa shape index (κ1) is 11.6. The third-order valence-corrected chi connectivity index (χ3v) is 2.41. The van der Waals surface area contributed by atoms with Crippen LogP contribution in [0.2, 0.25) is 0 Å². The molecule has 0 saturated carbocycles. The molecule has 1 aromatic carbocycles. The average molecular weight is 242 g/mol. The van der Waals surface area contributed by atoms with Crippen LogP contribution in [0.15, 0.2) is 16.9 Å². The lowest BCUT2D eigenvalue weighted by Crippen LogP contribution is -2.19. The first-order valence-corrected chi connectivity index (χ1v) is 4.87. The van der Waals surface area contributed by atoms with E-state index in [1.807, 2.05) is 0 Å². The van der Waals surface area contributed by atoms with E-state index in [0.717, 1.165) is 5.56 Å². The van der Waals surface area contributed by atoms with Crippen molar-refractivity contribution >= 4 is 10.9 Å². The Labute approximate surface area is 94.3 Å². The molecule has 0 radical (unpaired) electrons. The van der Waals surface area contributed by atoms with Gasteiger partial charge < -0.3 is 4.98 Å². The standard InChI is InChI=1S/C11H9F3N2O/c1-5-3-6(2)8-7(4-5)9(17)16-10(15-8)11(12,13)14/h3-4H,1-2H3,(H,15,16,17). The van der Waals surface area contributed by atoms with Crippen molar-refractivity contribution in [1.29, 1.82) is 0 Å². The lowest BCUT2D eigenvalue weighted by Gasteiger charge is -2.08. The first-order chi connectivity index (χ1) is 7.79. The molecule has 0 bridgehead atoms. The van der Waals surface area contributed by atoms with Crippen molar-refractivity contribution in [3.8, 4) is 0 Å². The molecule has 0 spiro atoms. The van der Waals surface area contributed by atoms with Gasteiger partial charge in [-0.2, -0.15) is 13.2 Å². The van der Waals surface area contributed by atoms with E-state index in [4.69, 9.17) is 0 Å². The van der Waals surface area contributed by atoms with Crippen molar-refractivity contribution in [3.63, 3.8) is 0 Å². The molecule has 0 saturated heterocycles. The van der Waals surface area contributed by atoms with E-state index in [0.29, 0.717) is 5.56 Å². The summed E-state index contributed by atoms with van der Waals surface area (Å²) in [6.45, 7) is 3.39. The average Bonchev–Trinajstić information content (AvgIpc) is 2.17. The Balaban J connectivity index is 2.88. The number of halogens is 3. The molecule has 6 heteroatoms. The van der Waals surface area contributed by atoms with Crippen LogP contribution in [-0.4, -0.2) is 9.97 Å². The minimum absolute atomic E-state index is 0.0895. The van der Waals surface area contributed by atoms with Crippen molar-refractivity contribution in [2.75, 3.05) is 0 Å². The second-order valence-corrected chi connectivity index (χ2v) is 3.89. The third kappa shape index (κ3) is 2.02. The molecular weight excluding hydrogens is 233 g/mol. The van der Waals surface area contributed by atoms with Crippen LogP contribution in [0, 0.1) is 13.8 Å². The van der Waals surface area contributed by atoms with Crippen LogP contribution in [0.1, 0.15) is 17.0 Å². The molecule has 90 valence electrons. The number of benzene rings is 1. The Morgan fingerprint density at radius 1 is 1.24 bits per heavy atom. The van der Waals surface area contributed by atoms with E-state index in [-0.39, 0.29) is 10.9 Å². The molecule has 0 aliphatic carbocycles. The molecule has 17 heavy (non-hydrogen) atoms. The van der Waals surface area contributed by atoms with Crippen molar-refractivity contribution < 1.29 is 13.2 Å². The van der Waals surface area contributed by atoms with Gasteiger partial charge in [0.25, 0.3) is 5.56 Å². The molecule has 0 aliphatic heterocycles. The monoisotopic (exact) mass is 242 g/mol. The molecule has 0 aliphatic rings. The lowest BCUT2D eigenvalue weighted by molar-refractivity contribution is -0.144. The quantitative estimate of drug-likeness (QED) is 0.771. The summed E-state index contributed by atoms with van der Waals surface area (Å²) in [5.74, 6) is -1.26. The summed E-state index contributed by atoms with van der Waals surface area (Å²) >= 11 is 0. The highest BCUT2D eigenvalue weighted by Crippen LogP contribution is 2.26. The summed E-state index contributed by atoms with van der Waals surface area (Å²) in [5.41, 5.74) is 0.680. The van der Waals surface area contributed by atoms with Gasteiger partial charge in [0.1, 0.15) is 0 Å². The molecule has 1 aromatic heterocycles. The maximum absolute atomic E-state index is 12.5. The Hall–Kier alpha value is -1.85. The van der Waals surface area contributed by atoms with Gasteiger partial charge in [0.15, 0.2) is 0 Å². The smallest absolute Gasteiger partial charge is 0.302 e. The fourth-order valence-corrected chi connectivity index (χ4v) is 1.73. The van der Waals surface area contributed by atoms with Crippen molar-refractivity contribution in [1.82, 2.24) is 9.97 Å². The fraction of sp³-hybridized carbons (Fsp3) is 0.273. The van der Waals surface area contributed by atoms with Gasteiger partial charge in [-0.25, -0.2) is 4.98 Å². The second kappa shape index (κ2) is 3.58.